The van der Waals surface area contributed by atoms with Crippen LogP contribution in [0.15, 0.2) is 18.2 Å². The lowest BCUT2D eigenvalue weighted by Gasteiger charge is -2.10. The fraction of sp³-hybridized carbons (Fsp3) is 0.417. The molecular weight excluding hydrogens is 196 g/mol. The van der Waals surface area contributed by atoms with Crippen LogP contribution in [0, 0.1) is 5.92 Å². The number of hydrogen-bond donors (Lipinski definition) is 1. The molecule has 0 aliphatic rings. The Hall–Kier alpha value is -0.530. The summed E-state index contributed by atoms with van der Waals surface area (Å²) in [7, 11) is 0. The van der Waals surface area contributed by atoms with E-state index in [0.717, 1.165) is 29.3 Å². The molecule has 0 bridgehead atoms. The van der Waals surface area contributed by atoms with E-state index in [1.807, 2.05) is 25.1 Å². The van der Waals surface area contributed by atoms with Crippen LogP contribution in [0.25, 0.3) is 0 Å². The van der Waals surface area contributed by atoms with E-state index in [0.29, 0.717) is 0 Å². The Morgan fingerprint density at radius 3 is 2.64 bits per heavy atom. The summed E-state index contributed by atoms with van der Waals surface area (Å²) >= 11 is 6.11. The number of rotatable bonds is 4. The summed E-state index contributed by atoms with van der Waals surface area (Å²) in [6.07, 6.45) is 2.11. The van der Waals surface area contributed by atoms with E-state index in [9.17, 15) is 0 Å². The molecule has 1 nitrogen and oxygen atoms in total. The van der Waals surface area contributed by atoms with Crippen LogP contribution in [0.5, 0.6) is 0 Å². The van der Waals surface area contributed by atoms with Gasteiger partial charge >= 0.3 is 0 Å². The molecule has 0 spiro atoms. The molecule has 1 aromatic rings. The van der Waals surface area contributed by atoms with Crippen LogP contribution < -0.4 is 0 Å². The molecule has 0 aliphatic heterocycles. The molecule has 0 aliphatic carbocycles. The first-order valence-electron chi connectivity index (χ1n) is 4.91. The first kappa shape index (κ1) is 11.5. The monoisotopic (exact) mass is 211 g/mol. The minimum Gasteiger partial charge on any atom is -0.395 e. The second-order valence-electron chi connectivity index (χ2n) is 3.49. The normalized spacial score (nSPS) is 10.9. The van der Waals surface area contributed by atoms with Crippen molar-refractivity contribution in [1.29, 1.82) is 0 Å². The molecule has 0 heterocycles. The molecule has 0 saturated heterocycles. The molecule has 1 N–H and O–H groups in total. The average molecular weight is 212 g/mol. The van der Waals surface area contributed by atoms with Crippen molar-refractivity contribution in [3.8, 4) is 0 Å². The van der Waals surface area contributed by atoms with Gasteiger partial charge in [0.2, 0.25) is 0 Å². The van der Waals surface area contributed by atoms with Gasteiger partial charge in [0.05, 0.1) is 6.61 Å². The minimum atomic E-state index is 0.0868. The van der Waals surface area contributed by atoms with Gasteiger partial charge in [-0.2, -0.15) is 0 Å². The fourth-order valence-corrected chi connectivity index (χ4v) is 1.65. The Morgan fingerprint density at radius 2 is 2.14 bits per heavy atom. The standard InChI is InChI=1S/C12H16ClO/c1-3-4-10-5-6-11(7-12(10)13)9(2)8-14/h5-7,14H,3-4,8H2,1-2H3. The molecular formula is C12H16ClO. The first-order chi connectivity index (χ1) is 6.69. The van der Waals surface area contributed by atoms with Gasteiger partial charge in [0.1, 0.15) is 0 Å². The maximum Gasteiger partial charge on any atom is 0.0534 e. The van der Waals surface area contributed by atoms with Crippen molar-refractivity contribution in [2.24, 2.45) is 0 Å². The Labute approximate surface area is 90.7 Å². The zero-order chi connectivity index (χ0) is 10.6. The fourth-order valence-electron chi connectivity index (χ4n) is 1.38. The Bertz CT molecular complexity index is 296. The van der Waals surface area contributed by atoms with Gasteiger partial charge in [-0.15, -0.1) is 0 Å². The molecule has 0 fully saturated rings. The predicted octanol–water partition coefficient (Wildman–Crippen LogP) is 3.23. The second kappa shape index (κ2) is 5.38. The molecule has 77 valence electrons. The van der Waals surface area contributed by atoms with Crippen LogP contribution in [0.1, 0.15) is 31.4 Å². The summed E-state index contributed by atoms with van der Waals surface area (Å²) in [6, 6.07) is 5.99. The van der Waals surface area contributed by atoms with Gasteiger partial charge in [-0.1, -0.05) is 44.0 Å². The molecule has 1 aromatic carbocycles. The Morgan fingerprint density at radius 1 is 1.43 bits per heavy atom. The number of halogens is 1. The third kappa shape index (κ3) is 2.73. The van der Waals surface area contributed by atoms with Gasteiger partial charge in [-0.3, -0.25) is 0 Å². The highest BCUT2D eigenvalue weighted by Crippen LogP contribution is 2.23. The number of aryl methyl sites for hydroxylation is 1. The van der Waals surface area contributed by atoms with Crippen LogP contribution in [0.4, 0.5) is 0 Å². The molecule has 0 atom stereocenters. The van der Waals surface area contributed by atoms with E-state index in [4.69, 9.17) is 16.7 Å². The van der Waals surface area contributed by atoms with Crippen molar-refractivity contribution in [2.75, 3.05) is 6.61 Å². The Kier molecular flexibility index (Phi) is 4.43. The molecule has 14 heavy (non-hydrogen) atoms. The number of aliphatic hydroxyl groups excluding tert-OH is 1. The lowest BCUT2D eigenvalue weighted by atomic mass is 9.99. The van der Waals surface area contributed by atoms with Crippen molar-refractivity contribution in [1.82, 2.24) is 0 Å². The van der Waals surface area contributed by atoms with Crippen LogP contribution in [-0.2, 0) is 6.42 Å². The van der Waals surface area contributed by atoms with Gasteiger partial charge in [0, 0.05) is 10.9 Å². The quantitative estimate of drug-likeness (QED) is 0.811. The molecule has 1 rings (SSSR count). The molecule has 2 heteroatoms. The number of benzene rings is 1. The summed E-state index contributed by atoms with van der Waals surface area (Å²) in [5, 5.41) is 9.77. The smallest absolute Gasteiger partial charge is 0.0534 e. The zero-order valence-corrected chi connectivity index (χ0v) is 9.43. The maximum absolute atomic E-state index is 8.97. The third-order valence-corrected chi connectivity index (χ3v) is 2.65. The van der Waals surface area contributed by atoms with E-state index in [1.165, 1.54) is 5.56 Å². The van der Waals surface area contributed by atoms with Crippen molar-refractivity contribution in [2.45, 2.75) is 26.7 Å². The van der Waals surface area contributed by atoms with Gasteiger partial charge in [0.15, 0.2) is 0 Å². The van der Waals surface area contributed by atoms with Crippen LogP contribution >= 0.6 is 11.6 Å². The van der Waals surface area contributed by atoms with Crippen molar-refractivity contribution in [3.63, 3.8) is 0 Å². The van der Waals surface area contributed by atoms with Crippen LogP contribution in [-0.4, -0.2) is 11.7 Å². The number of hydrogen-bond acceptors (Lipinski definition) is 1. The molecule has 1 radical (unpaired) electrons. The lowest BCUT2D eigenvalue weighted by Crippen LogP contribution is -2.00. The SMILES string of the molecule is CCCc1ccc([C](C)CO)cc1Cl. The summed E-state index contributed by atoms with van der Waals surface area (Å²) in [6.45, 7) is 4.13. The number of aliphatic hydroxyl groups is 1. The van der Waals surface area contributed by atoms with E-state index in [2.05, 4.69) is 6.92 Å². The van der Waals surface area contributed by atoms with E-state index < -0.39 is 0 Å². The van der Waals surface area contributed by atoms with Crippen molar-refractivity contribution < 1.29 is 5.11 Å². The average Bonchev–Trinajstić information content (AvgIpc) is 2.20. The molecule has 0 amide bonds. The highest BCUT2D eigenvalue weighted by molar-refractivity contribution is 6.31. The third-order valence-electron chi connectivity index (χ3n) is 2.30. The maximum atomic E-state index is 8.97. The summed E-state index contributed by atoms with van der Waals surface area (Å²) in [5.74, 6) is 0.954. The topological polar surface area (TPSA) is 20.2 Å². The largest absolute Gasteiger partial charge is 0.395 e. The van der Waals surface area contributed by atoms with E-state index in [1.54, 1.807) is 0 Å². The lowest BCUT2D eigenvalue weighted by molar-refractivity contribution is 0.315. The highest BCUT2D eigenvalue weighted by Gasteiger charge is 2.07. The molecule has 0 unspecified atom stereocenters. The van der Waals surface area contributed by atoms with Crippen LogP contribution in [0.3, 0.4) is 0 Å². The highest BCUT2D eigenvalue weighted by atomic mass is 35.5. The molecule has 0 aromatic heterocycles. The minimum absolute atomic E-state index is 0.0868. The van der Waals surface area contributed by atoms with E-state index in [-0.39, 0.29) is 6.61 Å². The summed E-state index contributed by atoms with van der Waals surface area (Å²) in [5.41, 5.74) is 2.21. The van der Waals surface area contributed by atoms with Gasteiger partial charge in [0.25, 0.3) is 0 Å². The van der Waals surface area contributed by atoms with Gasteiger partial charge < -0.3 is 5.11 Å². The summed E-state index contributed by atoms with van der Waals surface area (Å²) < 4.78 is 0. The first-order valence-corrected chi connectivity index (χ1v) is 5.29. The van der Waals surface area contributed by atoms with Crippen LogP contribution in [0.2, 0.25) is 5.02 Å². The van der Waals surface area contributed by atoms with Gasteiger partial charge in [-0.25, -0.2) is 0 Å². The van der Waals surface area contributed by atoms with Crippen molar-refractivity contribution >= 4 is 11.6 Å². The van der Waals surface area contributed by atoms with E-state index >= 15 is 0 Å². The van der Waals surface area contributed by atoms with Gasteiger partial charge in [-0.05, 0) is 23.6 Å². The zero-order valence-electron chi connectivity index (χ0n) is 8.68. The predicted molar refractivity (Wildman–Crippen MR) is 60.6 cm³/mol. The Balaban J connectivity index is 2.88. The second-order valence-corrected chi connectivity index (χ2v) is 3.90. The van der Waals surface area contributed by atoms with Crippen molar-refractivity contribution in [3.05, 3.63) is 40.3 Å². The summed E-state index contributed by atoms with van der Waals surface area (Å²) in [4.78, 5) is 0. The molecule has 0 saturated carbocycles.